The van der Waals surface area contributed by atoms with E-state index >= 15 is 0 Å². The number of hydrogen-bond acceptors (Lipinski definition) is 7. The first-order valence-electron chi connectivity index (χ1n) is 9.49. The molecule has 150 valence electrons. The maximum Gasteiger partial charge on any atom is 0.291 e. The topological polar surface area (TPSA) is 67.2 Å². The second kappa shape index (κ2) is 8.89. The van der Waals surface area contributed by atoms with Crippen LogP contribution in [0, 0.1) is 0 Å². The highest BCUT2D eigenvalue weighted by Crippen LogP contribution is 2.32. The standard InChI is InChI=1S/C20H25N3O4S/c1-28-19-5-4-18(27-19)20(24)21-16-3-2-15(22-6-10-25-11-7-22)14-17(16)23-8-12-26-13-9-23/h2-5,14H,6-13H2,1H3,(H,21,24). The van der Waals surface area contributed by atoms with E-state index in [9.17, 15) is 4.79 Å². The second-order valence-electron chi connectivity index (χ2n) is 6.68. The number of amides is 1. The number of nitrogens with zero attached hydrogens (tertiary/aromatic N) is 2. The molecule has 0 saturated carbocycles. The molecule has 2 fully saturated rings. The number of thioether (sulfide) groups is 1. The van der Waals surface area contributed by atoms with Crippen molar-refractivity contribution in [1.29, 1.82) is 0 Å². The van der Waals surface area contributed by atoms with Gasteiger partial charge in [0.05, 0.1) is 37.8 Å². The number of benzene rings is 1. The smallest absolute Gasteiger partial charge is 0.291 e. The highest BCUT2D eigenvalue weighted by atomic mass is 32.2. The maximum atomic E-state index is 12.7. The summed E-state index contributed by atoms with van der Waals surface area (Å²) in [5, 5.41) is 3.75. The van der Waals surface area contributed by atoms with E-state index in [0.29, 0.717) is 19.0 Å². The van der Waals surface area contributed by atoms with E-state index in [1.54, 1.807) is 6.07 Å². The van der Waals surface area contributed by atoms with E-state index in [1.165, 1.54) is 11.8 Å². The van der Waals surface area contributed by atoms with E-state index < -0.39 is 0 Å². The summed E-state index contributed by atoms with van der Waals surface area (Å²) in [5.41, 5.74) is 2.94. The van der Waals surface area contributed by atoms with Gasteiger partial charge in [-0.15, -0.1) is 0 Å². The molecule has 0 unspecified atom stereocenters. The van der Waals surface area contributed by atoms with Gasteiger partial charge in [0.2, 0.25) is 0 Å². The Kier molecular flexibility index (Phi) is 6.09. The Hall–Kier alpha value is -2.16. The molecule has 3 heterocycles. The van der Waals surface area contributed by atoms with Crippen molar-refractivity contribution >= 4 is 34.7 Å². The van der Waals surface area contributed by atoms with Crippen LogP contribution < -0.4 is 15.1 Å². The van der Waals surface area contributed by atoms with Gasteiger partial charge in [-0.3, -0.25) is 4.79 Å². The lowest BCUT2D eigenvalue weighted by molar-refractivity contribution is 0.0992. The van der Waals surface area contributed by atoms with Crippen molar-refractivity contribution in [2.45, 2.75) is 5.09 Å². The Morgan fingerprint density at radius 2 is 1.64 bits per heavy atom. The molecular weight excluding hydrogens is 378 g/mol. The number of morpholine rings is 2. The monoisotopic (exact) mass is 403 g/mol. The summed E-state index contributed by atoms with van der Waals surface area (Å²) in [6, 6.07) is 9.70. The van der Waals surface area contributed by atoms with Gasteiger partial charge < -0.3 is 29.0 Å². The number of hydrogen-bond donors (Lipinski definition) is 1. The normalized spacial score (nSPS) is 17.6. The first-order chi connectivity index (χ1) is 13.7. The van der Waals surface area contributed by atoms with Crippen molar-refractivity contribution in [3.63, 3.8) is 0 Å². The zero-order chi connectivity index (χ0) is 19.3. The van der Waals surface area contributed by atoms with Crippen LogP contribution in [0.5, 0.6) is 0 Å². The lowest BCUT2D eigenvalue weighted by Gasteiger charge is -2.33. The summed E-state index contributed by atoms with van der Waals surface area (Å²) >= 11 is 1.47. The van der Waals surface area contributed by atoms with Gasteiger partial charge in [0.25, 0.3) is 5.91 Å². The molecule has 8 heteroatoms. The minimum Gasteiger partial charge on any atom is -0.445 e. The van der Waals surface area contributed by atoms with Gasteiger partial charge in [-0.25, -0.2) is 0 Å². The Morgan fingerprint density at radius 1 is 0.964 bits per heavy atom. The highest BCUT2D eigenvalue weighted by Gasteiger charge is 2.20. The van der Waals surface area contributed by atoms with Crippen LogP contribution in [0.2, 0.25) is 0 Å². The molecule has 1 N–H and O–H groups in total. The van der Waals surface area contributed by atoms with E-state index in [1.807, 2.05) is 18.4 Å². The molecule has 0 bridgehead atoms. The number of furan rings is 1. The van der Waals surface area contributed by atoms with Gasteiger partial charge in [0.1, 0.15) is 0 Å². The molecule has 4 rings (SSSR count). The van der Waals surface area contributed by atoms with Crippen LogP contribution in [0.15, 0.2) is 39.8 Å². The largest absolute Gasteiger partial charge is 0.445 e. The number of carbonyl (C=O) groups is 1. The SMILES string of the molecule is CSc1ccc(C(=O)Nc2ccc(N3CCOCC3)cc2N2CCOCC2)o1. The number of nitrogens with one attached hydrogen (secondary N) is 1. The third-order valence-corrected chi connectivity index (χ3v) is 5.59. The first kappa shape index (κ1) is 19.2. The third kappa shape index (κ3) is 4.29. The van der Waals surface area contributed by atoms with Gasteiger partial charge in [0.15, 0.2) is 10.9 Å². The van der Waals surface area contributed by atoms with Crippen LogP contribution in [-0.4, -0.2) is 64.8 Å². The Labute approximate surface area is 169 Å². The molecule has 2 saturated heterocycles. The highest BCUT2D eigenvalue weighted by molar-refractivity contribution is 7.98. The Morgan fingerprint density at radius 3 is 2.29 bits per heavy atom. The van der Waals surface area contributed by atoms with E-state index in [4.69, 9.17) is 13.9 Å². The second-order valence-corrected chi connectivity index (χ2v) is 7.49. The first-order valence-corrected chi connectivity index (χ1v) is 10.7. The fraction of sp³-hybridized carbons (Fsp3) is 0.450. The van der Waals surface area contributed by atoms with Crippen molar-refractivity contribution in [2.24, 2.45) is 0 Å². The van der Waals surface area contributed by atoms with E-state index in [-0.39, 0.29) is 5.91 Å². The molecule has 1 amide bonds. The van der Waals surface area contributed by atoms with Gasteiger partial charge in [-0.2, -0.15) is 0 Å². The van der Waals surface area contributed by atoms with Crippen LogP contribution in [0.3, 0.4) is 0 Å². The fourth-order valence-electron chi connectivity index (χ4n) is 3.45. The Bertz CT molecular complexity index is 814. The summed E-state index contributed by atoms with van der Waals surface area (Å²) in [6.07, 6.45) is 1.92. The fourth-order valence-corrected chi connectivity index (χ4v) is 3.82. The number of rotatable bonds is 5. The minimum absolute atomic E-state index is 0.242. The zero-order valence-electron chi connectivity index (χ0n) is 16.0. The van der Waals surface area contributed by atoms with Crippen molar-refractivity contribution in [3.8, 4) is 0 Å². The molecule has 2 aliphatic rings. The van der Waals surface area contributed by atoms with Gasteiger partial charge in [-0.05, 0) is 36.6 Å². The van der Waals surface area contributed by atoms with E-state index in [0.717, 1.165) is 61.5 Å². The molecule has 1 aromatic heterocycles. The summed E-state index contributed by atoms with van der Waals surface area (Å²) in [7, 11) is 0. The number of anilines is 3. The lowest BCUT2D eigenvalue weighted by atomic mass is 10.1. The number of ether oxygens (including phenoxy) is 2. The third-order valence-electron chi connectivity index (χ3n) is 4.96. The molecule has 2 aliphatic heterocycles. The number of carbonyl (C=O) groups excluding carboxylic acids is 1. The van der Waals surface area contributed by atoms with Crippen LogP contribution >= 0.6 is 11.8 Å². The van der Waals surface area contributed by atoms with Crippen LogP contribution in [0.1, 0.15) is 10.6 Å². The van der Waals surface area contributed by atoms with Crippen molar-refractivity contribution in [1.82, 2.24) is 0 Å². The van der Waals surface area contributed by atoms with Crippen LogP contribution in [0.25, 0.3) is 0 Å². The summed E-state index contributed by atoms with van der Waals surface area (Å²) < 4.78 is 16.5. The maximum absolute atomic E-state index is 12.7. The van der Waals surface area contributed by atoms with E-state index in [2.05, 4.69) is 27.2 Å². The molecule has 7 nitrogen and oxygen atoms in total. The molecule has 1 aromatic carbocycles. The minimum atomic E-state index is -0.242. The molecule has 0 aliphatic carbocycles. The summed E-state index contributed by atoms with van der Waals surface area (Å²) in [5.74, 6) is 0.0727. The zero-order valence-corrected chi connectivity index (χ0v) is 16.8. The molecule has 0 radical (unpaired) electrons. The molecule has 0 atom stereocenters. The molecule has 0 spiro atoms. The molecule has 2 aromatic rings. The molecular formula is C20H25N3O4S. The van der Waals surface area contributed by atoms with Crippen LogP contribution in [0.4, 0.5) is 17.1 Å². The van der Waals surface area contributed by atoms with Crippen LogP contribution in [-0.2, 0) is 9.47 Å². The summed E-state index contributed by atoms with van der Waals surface area (Å²) in [4.78, 5) is 17.3. The average molecular weight is 404 g/mol. The average Bonchev–Trinajstić information content (AvgIpc) is 3.25. The predicted octanol–water partition coefficient (Wildman–Crippen LogP) is 2.93. The molecule has 28 heavy (non-hydrogen) atoms. The predicted molar refractivity (Wildman–Crippen MR) is 111 cm³/mol. The van der Waals surface area contributed by atoms with Gasteiger partial charge in [-0.1, -0.05) is 11.8 Å². The van der Waals surface area contributed by atoms with Crippen molar-refractivity contribution < 1.29 is 18.7 Å². The van der Waals surface area contributed by atoms with Crippen molar-refractivity contribution in [3.05, 3.63) is 36.1 Å². The Balaban J connectivity index is 1.59. The van der Waals surface area contributed by atoms with Gasteiger partial charge >= 0.3 is 0 Å². The van der Waals surface area contributed by atoms with Gasteiger partial charge in [0, 0.05) is 31.9 Å². The van der Waals surface area contributed by atoms with Crippen molar-refractivity contribution in [2.75, 3.05) is 74.0 Å². The quantitative estimate of drug-likeness (QED) is 0.770. The summed E-state index contributed by atoms with van der Waals surface area (Å²) in [6.45, 7) is 6.19. The lowest BCUT2D eigenvalue weighted by Crippen LogP contribution is -2.38.